The van der Waals surface area contributed by atoms with Gasteiger partial charge in [-0.3, -0.25) is 0 Å². The van der Waals surface area contributed by atoms with E-state index in [0.717, 1.165) is 0 Å². The summed E-state index contributed by atoms with van der Waals surface area (Å²) in [5.74, 6) is 0. The lowest BCUT2D eigenvalue weighted by atomic mass is 10.0. The second-order valence-corrected chi connectivity index (χ2v) is 10.4. The van der Waals surface area contributed by atoms with Crippen LogP contribution >= 0.6 is 34.0 Å². The Bertz CT molecular complexity index is 662. The van der Waals surface area contributed by atoms with Crippen molar-refractivity contribution in [2.24, 2.45) is 0 Å². The van der Waals surface area contributed by atoms with Crippen molar-refractivity contribution in [2.45, 2.75) is 90.4 Å². The highest BCUT2D eigenvalue weighted by molar-refractivity contribution is 7.20. The van der Waals surface area contributed by atoms with E-state index in [1.807, 2.05) is 45.6 Å². The van der Waals surface area contributed by atoms with Crippen molar-refractivity contribution in [1.82, 2.24) is 0 Å². The molecule has 3 aromatic heterocycles. The predicted molar refractivity (Wildman–Crippen MR) is 137 cm³/mol. The van der Waals surface area contributed by atoms with Gasteiger partial charge in [-0.1, -0.05) is 95.8 Å². The summed E-state index contributed by atoms with van der Waals surface area (Å²) in [6.07, 6.45) is 18.4. The van der Waals surface area contributed by atoms with Crippen LogP contribution < -0.4 is 0 Å². The normalized spacial score (nSPS) is 10.7. The van der Waals surface area contributed by atoms with Gasteiger partial charge in [0, 0.05) is 9.75 Å². The summed E-state index contributed by atoms with van der Waals surface area (Å²) in [6, 6.07) is 10.8. The minimum atomic E-state index is 1.26. The van der Waals surface area contributed by atoms with Crippen LogP contribution in [0, 0.1) is 0 Å². The average molecular weight is 447 g/mol. The minimum absolute atomic E-state index is 1.26. The van der Waals surface area contributed by atoms with Crippen LogP contribution in [0.4, 0.5) is 0 Å². The maximum atomic E-state index is 2.33. The molecule has 0 aromatic carbocycles. The first-order valence-electron chi connectivity index (χ1n) is 11.5. The van der Waals surface area contributed by atoms with Crippen molar-refractivity contribution >= 4 is 34.0 Å². The molecule has 0 saturated carbocycles. The molecule has 3 aromatic rings. The van der Waals surface area contributed by atoms with Crippen LogP contribution in [-0.2, 0) is 6.42 Å². The van der Waals surface area contributed by atoms with E-state index in [-0.39, 0.29) is 0 Å². The molecule has 0 aliphatic heterocycles. The summed E-state index contributed by atoms with van der Waals surface area (Å²) >= 11 is 5.48. The molecule has 0 nitrogen and oxygen atoms in total. The Balaban J connectivity index is 0.000000521. The highest BCUT2D eigenvalue weighted by atomic mass is 32.1. The molecule has 0 bridgehead atoms. The van der Waals surface area contributed by atoms with Crippen molar-refractivity contribution < 1.29 is 0 Å². The lowest BCUT2D eigenvalue weighted by Crippen LogP contribution is -1.86. The van der Waals surface area contributed by atoms with E-state index < -0.39 is 0 Å². The summed E-state index contributed by atoms with van der Waals surface area (Å²) in [7, 11) is 0. The van der Waals surface area contributed by atoms with Crippen LogP contribution in [0.25, 0.3) is 9.75 Å². The van der Waals surface area contributed by atoms with Crippen LogP contribution in [0.1, 0.15) is 89.5 Å². The zero-order valence-electron chi connectivity index (χ0n) is 18.1. The standard InChI is InChI=1S/C22H34S2.C4H4S/c1-2-3-4-5-6-7-8-9-10-11-12-13-15-20-17-19-24-22(20)21-16-14-18-23-21;1-2-4-5-3-1/h14,16-19H,2-13,15H2,1H3;1-4H. The van der Waals surface area contributed by atoms with Crippen molar-refractivity contribution in [3.05, 3.63) is 57.4 Å². The first-order chi connectivity index (χ1) is 14.4. The Morgan fingerprint density at radius 2 is 1.21 bits per heavy atom. The predicted octanol–water partition coefficient (Wildman–Crippen LogP) is 10.5. The smallest absolute Gasteiger partial charge is 0.0474 e. The SMILES string of the molecule is CCCCCCCCCCCCCCc1ccsc1-c1cccs1.c1ccsc1. The molecule has 160 valence electrons. The van der Waals surface area contributed by atoms with Gasteiger partial charge in [-0.15, -0.1) is 22.7 Å². The molecule has 0 aliphatic rings. The number of rotatable bonds is 14. The van der Waals surface area contributed by atoms with Gasteiger partial charge in [0.05, 0.1) is 0 Å². The molecule has 0 radical (unpaired) electrons. The molecular formula is C26H38S3. The third-order valence-electron chi connectivity index (χ3n) is 5.22. The van der Waals surface area contributed by atoms with Gasteiger partial charge in [-0.25, -0.2) is 0 Å². The fraction of sp³-hybridized carbons (Fsp3) is 0.538. The molecule has 0 atom stereocenters. The number of hydrogen-bond acceptors (Lipinski definition) is 3. The van der Waals surface area contributed by atoms with Crippen LogP contribution in [0.3, 0.4) is 0 Å². The van der Waals surface area contributed by atoms with Crippen molar-refractivity contribution in [3.8, 4) is 9.75 Å². The van der Waals surface area contributed by atoms with E-state index in [0.29, 0.717) is 0 Å². The molecule has 0 fully saturated rings. The third kappa shape index (κ3) is 11.2. The highest BCUT2D eigenvalue weighted by Crippen LogP contribution is 2.33. The molecule has 3 heteroatoms. The van der Waals surface area contributed by atoms with Crippen LogP contribution in [0.2, 0.25) is 0 Å². The monoisotopic (exact) mass is 446 g/mol. The summed E-state index contributed by atoms with van der Waals surface area (Å²) < 4.78 is 0. The molecule has 3 rings (SSSR count). The van der Waals surface area contributed by atoms with Gasteiger partial charge in [0.2, 0.25) is 0 Å². The second-order valence-electron chi connectivity index (χ2n) is 7.68. The molecule has 0 aliphatic carbocycles. The van der Waals surface area contributed by atoms with E-state index in [2.05, 4.69) is 35.9 Å². The van der Waals surface area contributed by atoms with Gasteiger partial charge in [0.1, 0.15) is 0 Å². The zero-order valence-corrected chi connectivity index (χ0v) is 20.6. The molecule has 0 saturated heterocycles. The summed E-state index contributed by atoms with van der Waals surface area (Å²) in [6.45, 7) is 2.29. The van der Waals surface area contributed by atoms with Crippen LogP contribution in [0.5, 0.6) is 0 Å². The average Bonchev–Trinajstić information content (AvgIpc) is 3.52. The van der Waals surface area contributed by atoms with Gasteiger partial charge in [0.15, 0.2) is 0 Å². The molecule has 0 unspecified atom stereocenters. The van der Waals surface area contributed by atoms with Gasteiger partial charge < -0.3 is 0 Å². The van der Waals surface area contributed by atoms with Crippen LogP contribution in [-0.4, -0.2) is 0 Å². The quantitative estimate of drug-likeness (QED) is 0.216. The van der Waals surface area contributed by atoms with E-state index in [1.54, 1.807) is 16.9 Å². The lowest BCUT2D eigenvalue weighted by molar-refractivity contribution is 0.544. The fourth-order valence-electron chi connectivity index (χ4n) is 3.54. The Kier molecular flexibility index (Phi) is 14.2. The Hall–Kier alpha value is -0.900. The maximum absolute atomic E-state index is 2.33. The number of aryl methyl sites for hydroxylation is 1. The second kappa shape index (κ2) is 16.8. The Labute approximate surface area is 191 Å². The summed E-state index contributed by atoms with van der Waals surface area (Å²) in [5.41, 5.74) is 1.56. The molecule has 3 heterocycles. The summed E-state index contributed by atoms with van der Waals surface area (Å²) in [4.78, 5) is 2.95. The topological polar surface area (TPSA) is 0 Å². The lowest BCUT2D eigenvalue weighted by Gasteiger charge is -2.04. The molecule has 0 N–H and O–H groups in total. The van der Waals surface area contributed by atoms with Gasteiger partial charge >= 0.3 is 0 Å². The van der Waals surface area contributed by atoms with Gasteiger partial charge in [0.25, 0.3) is 0 Å². The number of unbranched alkanes of at least 4 members (excludes halogenated alkanes) is 11. The zero-order chi connectivity index (χ0) is 20.4. The number of thiophene rings is 3. The van der Waals surface area contributed by atoms with E-state index in [1.165, 1.54) is 93.2 Å². The first kappa shape index (κ1) is 24.4. The van der Waals surface area contributed by atoms with Crippen molar-refractivity contribution in [1.29, 1.82) is 0 Å². The molecule has 29 heavy (non-hydrogen) atoms. The molecule has 0 spiro atoms. The molecule has 0 amide bonds. The number of hydrogen-bond donors (Lipinski definition) is 0. The Morgan fingerprint density at radius 1 is 0.586 bits per heavy atom. The summed E-state index contributed by atoms with van der Waals surface area (Å²) in [5, 5.41) is 8.52. The first-order valence-corrected chi connectivity index (χ1v) is 14.2. The fourth-order valence-corrected chi connectivity index (χ4v) is 5.86. The highest BCUT2D eigenvalue weighted by Gasteiger charge is 2.07. The van der Waals surface area contributed by atoms with Crippen LogP contribution in [0.15, 0.2) is 51.9 Å². The Morgan fingerprint density at radius 3 is 1.72 bits per heavy atom. The van der Waals surface area contributed by atoms with Crippen molar-refractivity contribution in [3.63, 3.8) is 0 Å². The van der Waals surface area contributed by atoms with E-state index >= 15 is 0 Å². The van der Waals surface area contributed by atoms with E-state index in [9.17, 15) is 0 Å². The van der Waals surface area contributed by atoms with Gasteiger partial charge in [-0.2, -0.15) is 11.3 Å². The van der Waals surface area contributed by atoms with Gasteiger partial charge in [-0.05, 0) is 52.1 Å². The maximum Gasteiger partial charge on any atom is 0.0474 e. The third-order valence-corrected chi connectivity index (χ3v) is 7.85. The van der Waals surface area contributed by atoms with Crippen molar-refractivity contribution in [2.75, 3.05) is 0 Å². The largest absolute Gasteiger partial charge is 0.152 e. The van der Waals surface area contributed by atoms with E-state index in [4.69, 9.17) is 0 Å². The molecular weight excluding hydrogens is 408 g/mol. The minimum Gasteiger partial charge on any atom is -0.152 e.